The molecule has 0 saturated heterocycles. The fourth-order valence-corrected chi connectivity index (χ4v) is 2.01. The molecular weight excluding hydrogens is 278 g/mol. The molecule has 0 fully saturated rings. The van der Waals surface area contributed by atoms with Crippen molar-refractivity contribution in [2.24, 2.45) is 0 Å². The van der Waals surface area contributed by atoms with Crippen LogP contribution in [-0.2, 0) is 11.2 Å². The van der Waals surface area contributed by atoms with Gasteiger partial charge in [0, 0.05) is 24.8 Å². The van der Waals surface area contributed by atoms with Gasteiger partial charge < -0.3 is 4.90 Å². The summed E-state index contributed by atoms with van der Waals surface area (Å²) in [5.74, 6) is 0.261. The molecule has 3 heteroatoms. The Hall–Kier alpha value is -0.830. The van der Waals surface area contributed by atoms with E-state index in [0.717, 1.165) is 31.3 Å². The summed E-state index contributed by atoms with van der Waals surface area (Å²) in [6, 6.07) is 10.2. The van der Waals surface area contributed by atoms with Crippen LogP contribution in [-0.4, -0.2) is 29.2 Å². The molecule has 0 aliphatic rings. The molecule has 0 spiro atoms. The zero-order chi connectivity index (χ0) is 12.5. The minimum absolute atomic E-state index is 0.261. The fraction of sp³-hybridized carbons (Fsp3) is 0.500. The Kier molecular flexibility index (Phi) is 6.94. The molecule has 0 radical (unpaired) electrons. The number of carbonyl (C=O) groups excluding carboxylic acids is 1. The summed E-state index contributed by atoms with van der Waals surface area (Å²) >= 11 is 3.39. The first kappa shape index (κ1) is 14.2. The average Bonchev–Trinajstić information content (AvgIpc) is 2.38. The molecule has 1 aromatic carbocycles. The molecular formula is C14H20BrNO. The smallest absolute Gasteiger partial charge is 0.222 e. The first-order valence-corrected chi connectivity index (χ1v) is 7.27. The predicted octanol–water partition coefficient (Wildman–Crippen LogP) is 3.25. The van der Waals surface area contributed by atoms with Crippen LogP contribution in [0.15, 0.2) is 30.3 Å². The second kappa shape index (κ2) is 8.29. The molecule has 0 heterocycles. The van der Waals surface area contributed by atoms with Crippen molar-refractivity contribution >= 4 is 21.8 Å². The van der Waals surface area contributed by atoms with Crippen LogP contribution < -0.4 is 0 Å². The summed E-state index contributed by atoms with van der Waals surface area (Å²) in [6.07, 6.45) is 2.47. The number of rotatable bonds is 7. The number of hydrogen-bond acceptors (Lipinski definition) is 1. The highest BCUT2D eigenvalue weighted by Crippen LogP contribution is 2.05. The summed E-state index contributed by atoms with van der Waals surface area (Å²) < 4.78 is 0. The van der Waals surface area contributed by atoms with Gasteiger partial charge in [0.15, 0.2) is 0 Å². The van der Waals surface area contributed by atoms with Crippen LogP contribution in [0, 0.1) is 0 Å². The number of benzene rings is 1. The number of halogens is 1. The minimum atomic E-state index is 0.261. The Morgan fingerprint density at radius 1 is 1.29 bits per heavy atom. The van der Waals surface area contributed by atoms with Crippen LogP contribution in [0.25, 0.3) is 0 Å². The van der Waals surface area contributed by atoms with E-state index >= 15 is 0 Å². The van der Waals surface area contributed by atoms with Crippen LogP contribution in [0.2, 0.25) is 0 Å². The second-order valence-electron chi connectivity index (χ2n) is 4.00. The van der Waals surface area contributed by atoms with Crippen molar-refractivity contribution in [1.29, 1.82) is 0 Å². The molecule has 1 rings (SSSR count). The topological polar surface area (TPSA) is 20.3 Å². The van der Waals surface area contributed by atoms with Crippen molar-refractivity contribution in [3.05, 3.63) is 35.9 Å². The average molecular weight is 298 g/mol. The summed E-state index contributed by atoms with van der Waals surface area (Å²) in [6.45, 7) is 3.70. The van der Waals surface area contributed by atoms with E-state index in [2.05, 4.69) is 28.1 Å². The number of hydrogen-bond donors (Lipinski definition) is 0. The molecule has 0 N–H and O–H groups in total. The van der Waals surface area contributed by atoms with E-state index in [1.54, 1.807) is 0 Å². The highest BCUT2D eigenvalue weighted by atomic mass is 79.9. The lowest BCUT2D eigenvalue weighted by molar-refractivity contribution is -0.131. The molecule has 0 bridgehead atoms. The van der Waals surface area contributed by atoms with Crippen molar-refractivity contribution in [2.75, 3.05) is 18.4 Å². The summed E-state index contributed by atoms with van der Waals surface area (Å²) in [7, 11) is 0. The highest BCUT2D eigenvalue weighted by molar-refractivity contribution is 9.09. The number of nitrogens with zero attached hydrogens (tertiary/aromatic N) is 1. The lowest BCUT2D eigenvalue weighted by Gasteiger charge is -2.20. The molecule has 0 atom stereocenters. The highest BCUT2D eigenvalue weighted by Gasteiger charge is 2.10. The van der Waals surface area contributed by atoms with E-state index in [4.69, 9.17) is 0 Å². The van der Waals surface area contributed by atoms with Crippen molar-refractivity contribution in [2.45, 2.75) is 26.2 Å². The largest absolute Gasteiger partial charge is 0.343 e. The maximum Gasteiger partial charge on any atom is 0.222 e. The van der Waals surface area contributed by atoms with E-state index in [1.165, 1.54) is 5.56 Å². The Balaban J connectivity index is 2.37. The lowest BCUT2D eigenvalue weighted by atomic mass is 10.1. The van der Waals surface area contributed by atoms with Crippen molar-refractivity contribution in [1.82, 2.24) is 4.90 Å². The van der Waals surface area contributed by atoms with Gasteiger partial charge in [-0.25, -0.2) is 0 Å². The van der Waals surface area contributed by atoms with Crippen LogP contribution in [0.1, 0.15) is 25.3 Å². The van der Waals surface area contributed by atoms with Crippen LogP contribution >= 0.6 is 15.9 Å². The molecule has 0 unspecified atom stereocenters. The van der Waals surface area contributed by atoms with E-state index in [9.17, 15) is 4.79 Å². The molecule has 0 saturated carbocycles. The van der Waals surface area contributed by atoms with Gasteiger partial charge in [0.2, 0.25) is 5.91 Å². The SMILES string of the molecule is CCN(CCCBr)C(=O)CCc1ccccc1. The molecule has 0 aromatic heterocycles. The van der Waals surface area contributed by atoms with Crippen LogP contribution in [0.3, 0.4) is 0 Å². The molecule has 0 aliphatic heterocycles. The minimum Gasteiger partial charge on any atom is -0.343 e. The number of aryl methyl sites for hydroxylation is 1. The summed E-state index contributed by atoms with van der Waals surface area (Å²) in [4.78, 5) is 13.9. The standard InChI is InChI=1S/C14H20BrNO/c1-2-16(12-6-11-15)14(17)10-9-13-7-4-3-5-8-13/h3-5,7-8H,2,6,9-12H2,1H3. The first-order valence-electron chi connectivity index (χ1n) is 6.15. The van der Waals surface area contributed by atoms with Crippen LogP contribution in [0.5, 0.6) is 0 Å². The fourth-order valence-electron chi connectivity index (χ4n) is 1.76. The van der Waals surface area contributed by atoms with E-state index in [0.29, 0.717) is 6.42 Å². The molecule has 1 aromatic rings. The third kappa shape index (κ3) is 5.35. The van der Waals surface area contributed by atoms with Crippen molar-refractivity contribution in [3.8, 4) is 0 Å². The van der Waals surface area contributed by atoms with Gasteiger partial charge in [-0.3, -0.25) is 4.79 Å². The van der Waals surface area contributed by atoms with Gasteiger partial charge in [0.1, 0.15) is 0 Å². The molecule has 0 aliphatic carbocycles. The maximum atomic E-state index is 12.0. The quantitative estimate of drug-likeness (QED) is 0.708. The van der Waals surface area contributed by atoms with Gasteiger partial charge in [-0.2, -0.15) is 0 Å². The third-order valence-corrected chi connectivity index (χ3v) is 3.33. The second-order valence-corrected chi connectivity index (χ2v) is 4.79. The third-order valence-electron chi connectivity index (χ3n) is 2.77. The maximum absolute atomic E-state index is 12.0. The first-order chi connectivity index (χ1) is 8.27. The van der Waals surface area contributed by atoms with Gasteiger partial charge in [0.25, 0.3) is 0 Å². The summed E-state index contributed by atoms with van der Waals surface area (Å²) in [5.41, 5.74) is 1.23. The molecule has 1 amide bonds. The van der Waals surface area contributed by atoms with Crippen molar-refractivity contribution < 1.29 is 4.79 Å². The van der Waals surface area contributed by atoms with E-state index in [-0.39, 0.29) is 5.91 Å². The Morgan fingerprint density at radius 2 is 2.00 bits per heavy atom. The van der Waals surface area contributed by atoms with Gasteiger partial charge in [-0.15, -0.1) is 0 Å². The number of amides is 1. The lowest BCUT2D eigenvalue weighted by Crippen LogP contribution is -2.32. The monoisotopic (exact) mass is 297 g/mol. The van der Waals surface area contributed by atoms with E-state index < -0.39 is 0 Å². The summed E-state index contributed by atoms with van der Waals surface area (Å²) in [5, 5.41) is 0.954. The van der Waals surface area contributed by atoms with Gasteiger partial charge >= 0.3 is 0 Å². The van der Waals surface area contributed by atoms with Crippen molar-refractivity contribution in [3.63, 3.8) is 0 Å². The zero-order valence-corrected chi connectivity index (χ0v) is 11.9. The Bertz CT molecular complexity index is 326. The van der Waals surface area contributed by atoms with Crippen LogP contribution in [0.4, 0.5) is 0 Å². The van der Waals surface area contributed by atoms with Gasteiger partial charge in [-0.05, 0) is 25.3 Å². The van der Waals surface area contributed by atoms with Gasteiger partial charge in [0.05, 0.1) is 0 Å². The number of alkyl halides is 1. The Morgan fingerprint density at radius 3 is 2.59 bits per heavy atom. The predicted molar refractivity (Wildman–Crippen MR) is 75.4 cm³/mol. The molecule has 94 valence electrons. The Labute approximate surface area is 112 Å². The normalized spacial score (nSPS) is 10.2. The zero-order valence-electron chi connectivity index (χ0n) is 10.4. The molecule has 2 nitrogen and oxygen atoms in total. The molecule has 17 heavy (non-hydrogen) atoms. The van der Waals surface area contributed by atoms with Gasteiger partial charge in [-0.1, -0.05) is 46.3 Å². The van der Waals surface area contributed by atoms with E-state index in [1.807, 2.05) is 30.0 Å². The number of carbonyl (C=O) groups is 1.